The number of hydrogen-bond acceptors (Lipinski definition) is 5. The molecule has 0 aliphatic carbocycles. The lowest BCUT2D eigenvalue weighted by Crippen LogP contribution is -2.36. The second kappa shape index (κ2) is 4.54. The van der Waals surface area contributed by atoms with Gasteiger partial charge >= 0.3 is 5.69 Å². The lowest BCUT2D eigenvalue weighted by molar-refractivity contribution is 0.635. The number of nitrogens with zero attached hydrogens (tertiary/aromatic N) is 4. The zero-order chi connectivity index (χ0) is 12.4. The molecule has 88 valence electrons. The van der Waals surface area contributed by atoms with E-state index in [0.29, 0.717) is 10.2 Å². The van der Waals surface area contributed by atoms with Crippen molar-refractivity contribution >= 4 is 11.8 Å². The summed E-state index contributed by atoms with van der Waals surface area (Å²) < 4.78 is 2.44. The third kappa shape index (κ3) is 2.28. The van der Waals surface area contributed by atoms with Crippen LogP contribution in [0.3, 0.4) is 0 Å². The van der Waals surface area contributed by atoms with Crippen molar-refractivity contribution in [2.24, 2.45) is 14.1 Å². The molecule has 7 heteroatoms. The Morgan fingerprint density at radius 3 is 2.41 bits per heavy atom. The highest BCUT2D eigenvalue weighted by Gasteiger charge is 2.08. The van der Waals surface area contributed by atoms with Crippen LogP contribution in [0.1, 0.15) is 0 Å². The minimum atomic E-state index is -0.365. The Morgan fingerprint density at radius 2 is 1.76 bits per heavy atom. The molecule has 0 aliphatic heterocycles. The number of rotatable bonds is 2. The van der Waals surface area contributed by atoms with Gasteiger partial charge in [0.05, 0.1) is 5.03 Å². The van der Waals surface area contributed by atoms with Crippen molar-refractivity contribution in [2.45, 2.75) is 10.2 Å². The van der Waals surface area contributed by atoms with Gasteiger partial charge in [-0.1, -0.05) is 0 Å². The second-order valence-electron chi connectivity index (χ2n) is 3.35. The van der Waals surface area contributed by atoms with E-state index in [2.05, 4.69) is 9.97 Å². The highest BCUT2D eigenvalue weighted by molar-refractivity contribution is 7.99. The molecule has 17 heavy (non-hydrogen) atoms. The normalized spacial score (nSPS) is 10.5. The van der Waals surface area contributed by atoms with Crippen LogP contribution < -0.4 is 11.2 Å². The topological polar surface area (TPSA) is 69.8 Å². The molecule has 2 heterocycles. The minimum absolute atomic E-state index is 0.341. The van der Waals surface area contributed by atoms with Crippen LogP contribution in [-0.4, -0.2) is 19.1 Å². The Morgan fingerprint density at radius 1 is 1.12 bits per heavy atom. The van der Waals surface area contributed by atoms with E-state index in [0.717, 1.165) is 4.57 Å². The number of hydrogen-bond donors (Lipinski definition) is 0. The van der Waals surface area contributed by atoms with E-state index in [9.17, 15) is 9.59 Å². The zero-order valence-electron chi connectivity index (χ0n) is 9.32. The summed E-state index contributed by atoms with van der Waals surface area (Å²) in [5.74, 6) is 0. The third-order valence-corrected chi connectivity index (χ3v) is 3.21. The molecular formula is C10H10N4O2S. The van der Waals surface area contributed by atoms with Gasteiger partial charge in [0.25, 0.3) is 5.56 Å². The van der Waals surface area contributed by atoms with E-state index in [-0.39, 0.29) is 11.2 Å². The van der Waals surface area contributed by atoms with Gasteiger partial charge in [-0.05, 0) is 17.8 Å². The third-order valence-electron chi connectivity index (χ3n) is 2.22. The Hall–Kier alpha value is -1.89. The van der Waals surface area contributed by atoms with Gasteiger partial charge in [-0.3, -0.25) is 13.9 Å². The molecule has 0 atom stereocenters. The Labute approximate surface area is 101 Å². The standard InChI is InChI=1S/C10H10N4O2S/c1-13-7(15)6-8(14(2)10(13)16)17-9-11-4-3-5-12-9/h3-6H,1-2H3. The van der Waals surface area contributed by atoms with E-state index in [4.69, 9.17) is 0 Å². The Kier molecular flexibility index (Phi) is 3.10. The maximum absolute atomic E-state index is 11.7. The summed E-state index contributed by atoms with van der Waals surface area (Å²) >= 11 is 1.18. The van der Waals surface area contributed by atoms with Gasteiger partial charge < -0.3 is 0 Å². The van der Waals surface area contributed by atoms with Crippen molar-refractivity contribution in [3.05, 3.63) is 45.4 Å². The maximum atomic E-state index is 11.7. The molecule has 0 radical (unpaired) electrons. The fraction of sp³-hybridized carbons (Fsp3) is 0.200. The summed E-state index contributed by atoms with van der Waals surface area (Å²) in [4.78, 5) is 31.2. The fourth-order valence-electron chi connectivity index (χ4n) is 1.24. The zero-order valence-corrected chi connectivity index (χ0v) is 10.1. The van der Waals surface area contributed by atoms with Crippen LogP contribution in [-0.2, 0) is 14.1 Å². The van der Waals surface area contributed by atoms with Crippen LogP contribution in [0.15, 0.2) is 44.3 Å². The molecule has 0 saturated heterocycles. The first-order valence-electron chi connectivity index (χ1n) is 4.81. The quantitative estimate of drug-likeness (QED) is 0.555. The molecule has 6 nitrogen and oxygen atoms in total. The average molecular weight is 250 g/mol. The summed E-state index contributed by atoms with van der Waals surface area (Å²) in [6.07, 6.45) is 3.21. The van der Waals surface area contributed by atoms with Crippen LogP contribution in [0, 0.1) is 0 Å². The van der Waals surface area contributed by atoms with E-state index in [1.54, 1.807) is 25.5 Å². The lowest BCUT2D eigenvalue weighted by atomic mass is 10.6. The summed E-state index contributed by atoms with van der Waals surface area (Å²) in [5.41, 5.74) is -0.706. The molecule has 0 fully saturated rings. The Bertz CT molecular complexity index is 648. The predicted octanol–water partition coefficient (Wildman–Crippen LogP) is 0.0252. The summed E-state index contributed by atoms with van der Waals surface area (Å²) in [5, 5.41) is 1.01. The van der Waals surface area contributed by atoms with Gasteiger partial charge in [0.1, 0.15) is 0 Å². The monoisotopic (exact) mass is 250 g/mol. The van der Waals surface area contributed by atoms with Crippen molar-refractivity contribution in [3.63, 3.8) is 0 Å². The molecule has 2 aromatic rings. The van der Waals surface area contributed by atoms with Crippen molar-refractivity contribution in [1.29, 1.82) is 0 Å². The molecule has 0 unspecified atom stereocenters. The van der Waals surface area contributed by atoms with Crippen molar-refractivity contribution < 1.29 is 0 Å². The molecule has 0 aliphatic rings. The van der Waals surface area contributed by atoms with Gasteiger partial charge in [-0.25, -0.2) is 14.8 Å². The first kappa shape index (κ1) is 11.6. The molecule has 2 aromatic heterocycles. The van der Waals surface area contributed by atoms with Crippen LogP contribution in [0.2, 0.25) is 0 Å². The largest absolute Gasteiger partial charge is 0.331 e. The van der Waals surface area contributed by atoms with Crippen LogP contribution in [0.4, 0.5) is 0 Å². The van der Waals surface area contributed by atoms with Crippen LogP contribution >= 0.6 is 11.8 Å². The minimum Gasteiger partial charge on any atom is -0.291 e. The van der Waals surface area contributed by atoms with Gasteiger partial charge in [0.15, 0.2) is 5.16 Å². The lowest BCUT2D eigenvalue weighted by Gasteiger charge is -2.07. The highest BCUT2D eigenvalue weighted by atomic mass is 32.2. The van der Waals surface area contributed by atoms with Crippen molar-refractivity contribution in [2.75, 3.05) is 0 Å². The summed E-state index contributed by atoms with van der Waals surface area (Å²) in [7, 11) is 3.05. The van der Waals surface area contributed by atoms with Crippen LogP contribution in [0.5, 0.6) is 0 Å². The van der Waals surface area contributed by atoms with E-state index >= 15 is 0 Å². The number of aromatic nitrogens is 4. The smallest absolute Gasteiger partial charge is 0.291 e. The van der Waals surface area contributed by atoms with Crippen LogP contribution in [0.25, 0.3) is 0 Å². The van der Waals surface area contributed by atoms with Gasteiger partial charge in [-0.2, -0.15) is 0 Å². The first-order chi connectivity index (χ1) is 8.09. The van der Waals surface area contributed by atoms with Gasteiger partial charge in [0, 0.05) is 32.6 Å². The SMILES string of the molecule is Cn1c(Sc2ncccn2)cc(=O)n(C)c1=O. The summed E-state index contributed by atoms with van der Waals surface area (Å²) in [6.45, 7) is 0. The van der Waals surface area contributed by atoms with Crippen molar-refractivity contribution in [1.82, 2.24) is 19.1 Å². The summed E-state index contributed by atoms with van der Waals surface area (Å²) in [6, 6.07) is 3.09. The highest BCUT2D eigenvalue weighted by Crippen LogP contribution is 2.20. The molecule has 0 aromatic carbocycles. The molecule has 0 amide bonds. The first-order valence-corrected chi connectivity index (χ1v) is 5.63. The van der Waals surface area contributed by atoms with Gasteiger partial charge in [0.2, 0.25) is 0 Å². The predicted molar refractivity (Wildman–Crippen MR) is 63.1 cm³/mol. The maximum Gasteiger partial charge on any atom is 0.331 e. The molecule has 0 bridgehead atoms. The van der Waals surface area contributed by atoms with E-state index < -0.39 is 0 Å². The molecule has 0 saturated carbocycles. The second-order valence-corrected chi connectivity index (χ2v) is 4.34. The fourth-order valence-corrected chi connectivity index (χ4v) is 2.03. The molecule has 2 rings (SSSR count). The average Bonchev–Trinajstić information content (AvgIpc) is 2.35. The van der Waals surface area contributed by atoms with E-state index in [1.165, 1.54) is 29.4 Å². The van der Waals surface area contributed by atoms with Crippen molar-refractivity contribution in [3.8, 4) is 0 Å². The Balaban J connectivity index is 2.48. The molecular weight excluding hydrogens is 240 g/mol. The molecule has 0 spiro atoms. The molecule has 0 N–H and O–H groups in total. The van der Waals surface area contributed by atoms with Gasteiger partial charge in [-0.15, -0.1) is 0 Å². The van der Waals surface area contributed by atoms with E-state index in [1.807, 2.05) is 0 Å².